The van der Waals surface area contributed by atoms with Crippen LogP contribution < -0.4 is 4.90 Å². The molecule has 0 N–H and O–H groups in total. The molecule has 1 aromatic heterocycles. The maximum atomic E-state index is 11.7. The van der Waals surface area contributed by atoms with E-state index in [4.69, 9.17) is 5.26 Å². The van der Waals surface area contributed by atoms with Gasteiger partial charge in [0.25, 0.3) is 0 Å². The van der Waals surface area contributed by atoms with E-state index in [1.54, 1.807) is 24.3 Å². The number of piperazine rings is 1. The lowest BCUT2D eigenvalue weighted by Crippen LogP contribution is -2.49. The van der Waals surface area contributed by atoms with E-state index in [0.717, 1.165) is 11.8 Å². The summed E-state index contributed by atoms with van der Waals surface area (Å²) in [6.45, 7) is 1.66. The van der Waals surface area contributed by atoms with Gasteiger partial charge in [0.1, 0.15) is 12.1 Å². The van der Waals surface area contributed by atoms with Crippen molar-refractivity contribution in [1.29, 1.82) is 5.26 Å². The number of benzene rings is 1. The van der Waals surface area contributed by atoms with E-state index in [1.165, 1.54) is 10.6 Å². The Kier molecular flexibility index (Phi) is 5.96. The maximum absolute atomic E-state index is 11.7. The van der Waals surface area contributed by atoms with Crippen LogP contribution in [-0.4, -0.2) is 66.4 Å². The number of aromatic nitrogens is 3. The van der Waals surface area contributed by atoms with Crippen molar-refractivity contribution >= 4 is 22.3 Å². The van der Waals surface area contributed by atoms with Crippen LogP contribution in [0.1, 0.15) is 17.8 Å². The number of aryl methyl sites for hydroxylation is 1. The Morgan fingerprint density at radius 1 is 1.11 bits per heavy atom. The van der Waals surface area contributed by atoms with Crippen LogP contribution in [-0.2, 0) is 21.2 Å². The predicted octanol–water partition coefficient (Wildman–Crippen LogP) is 0.623. The van der Waals surface area contributed by atoms with Gasteiger partial charge in [0.05, 0.1) is 17.9 Å². The van der Waals surface area contributed by atoms with Gasteiger partial charge >= 0.3 is 0 Å². The molecule has 1 fully saturated rings. The van der Waals surface area contributed by atoms with Crippen molar-refractivity contribution < 1.29 is 13.2 Å². The van der Waals surface area contributed by atoms with Crippen LogP contribution in [0.25, 0.3) is 11.4 Å². The molecule has 2 aromatic rings. The van der Waals surface area contributed by atoms with Crippen LogP contribution in [0, 0.1) is 11.3 Å². The number of hydrogen-bond donors (Lipinski definition) is 0. The summed E-state index contributed by atoms with van der Waals surface area (Å²) >= 11 is 0. The van der Waals surface area contributed by atoms with Crippen LogP contribution in [0.4, 0.5) is 5.95 Å². The van der Waals surface area contributed by atoms with Gasteiger partial charge in [-0.1, -0.05) is 0 Å². The van der Waals surface area contributed by atoms with Crippen LogP contribution in [0.3, 0.4) is 0 Å². The van der Waals surface area contributed by atoms with E-state index in [2.05, 4.69) is 21.0 Å². The number of carbonyl (C=O) groups is 1. The summed E-state index contributed by atoms with van der Waals surface area (Å²) in [6.07, 6.45) is 2.71. The minimum absolute atomic E-state index is 0.304. The molecule has 10 heteroatoms. The minimum atomic E-state index is -3.22. The molecule has 0 unspecified atom stereocenters. The third-order valence-corrected chi connectivity index (χ3v) is 5.72. The van der Waals surface area contributed by atoms with E-state index in [1.807, 2.05) is 4.90 Å². The summed E-state index contributed by atoms with van der Waals surface area (Å²) in [7, 11) is -3.22. The fourth-order valence-corrected chi connectivity index (χ4v) is 3.72. The minimum Gasteiger partial charge on any atom is -0.338 e. The summed E-state index contributed by atoms with van der Waals surface area (Å²) < 4.78 is 24.8. The van der Waals surface area contributed by atoms with Crippen molar-refractivity contribution in [1.82, 2.24) is 19.3 Å². The van der Waals surface area contributed by atoms with E-state index < -0.39 is 10.0 Å². The summed E-state index contributed by atoms with van der Waals surface area (Å²) in [5.74, 6) is 1.42. The summed E-state index contributed by atoms with van der Waals surface area (Å²) in [6, 6.07) is 8.98. The van der Waals surface area contributed by atoms with Gasteiger partial charge in [0, 0.05) is 44.6 Å². The maximum Gasteiger partial charge on any atom is 0.229 e. The molecule has 0 spiro atoms. The Labute approximate surface area is 163 Å². The molecule has 0 aliphatic carbocycles. The number of nitriles is 1. The van der Waals surface area contributed by atoms with Gasteiger partial charge < -0.3 is 9.69 Å². The average Bonchev–Trinajstić information content (AvgIpc) is 2.71. The first-order valence-corrected chi connectivity index (χ1v) is 10.6. The highest BCUT2D eigenvalue weighted by Gasteiger charge is 2.25. The number of nitrogens with zero attached hydrogens (tertiary/aromatic N) is 6. The monoisotopic (exact) mass is 400 g/mol. The standard InChI is InChI=1S/C18H20N6O3S/c1-28(26,27)24-10-8-23(9-11-24)18-21-16(3-2-12-25)20-17(22-18)15-6-4-14(13-19)5-7-15/h4-7,12H,2-3,8-11H2,1H3. The van der Waals surface area contributed by atoms with Crippen LogP contribution >= 0.6 is 0 Å². The number of sulfonamides is 1. The van der Waals surface area contributed by atoms with Crippen molar-refractivity contribution in [3.05, 3.63) is 35.7 Å². The Morgan fingerprint density at radius 2 is 1.79 bits per heavy atom. The van der Waals surface area contributed by atoms with E-state index in [0.29, 0.717) is 62.2 Å². The lowest BCUT2D eigenvalue weighted by Gasteiger charge is -2.33. The van der Waals surface area contributed by atoms with E-state index in [9.17, 15) is 13.2 Å². The highest BCUT2D eigenvalue weighted by atomic mass is 32.2. The highest BCUT2D eigenvalue weighted by Crippen LogP contribution is 2.20. The van der Waals surface area contributed by atoms with E-state index >= 15 is 0 Å². The molecule has 3 rings (SSSR count). The smallest absolute Gasteiger partial charge is 0.229 e. The number of carbonyl (C=O) groups excluding carboxylic acids is 1. The molecule has 146 valence electrons. The zero-order chi connectivity index (χ0) is 20.1. The van der Waals surface area contributed by atoms with Crippen molar-refractivity contribution in [3.63, 3.8) is 0 Å². The molecule has 0 atom stereocenters. The molecule has 2 heterocycles. The zero-order valence-electron chi connectivity index (χ0n) is 15.4. The van der Waals surface area contributed by atoms with Crippen molar-refractivity contribution in [2.24, 2.45) is 0 Å². The molecule has 1 aromatic carbocycles. The number of anilines is 1. The molecule has 1 aliphatic rings. The first-order valence-electron chi connectivity index (χ1n) is 8.80. The van der Waals surface area contributed by atoms with Gasteiger partial charge in [-0.05, 0) is 24.3 Å². The number of hydrogen-bond acceptors (Lipinski definition) is 8. The average molecular weight is 400 g/mol. The summed E-state index contributed by atoms with van der Waals surface area (Å²) in [4.78, 5) is 26.1. The molecular weight excluding hydrogens is 380 g/mol. The SMILES string of the molecule is CS(=O)(=O)N1CCN(c2nc(CCC=O)nc(-c3ccc(C#N)cc3)n2)CC1. The first kappa shape index (κ1) is 19.9. The topological polar surface area (TPSA) is 120 Å². The van der Waals surface area contributed by atoms with Gasteiger partial charge in [-0.15, -0.1) is 0 Å². The first-order chi connectivity index (χ1) is 13.4. The normalized spacial score (nSPS) is 15.2. The molecule has 1 saturated heterocycles. The lowest BCUT2D eigenvalue weighted by atomic mass is 10.1. The van der Waals surface area contributed by atoms with Crippen molar-refractivity contribution in [2.45, 2.75) is 12.8 Å². The molecule has 28 heavy (non-hydrogen) atoms. The number of rotatable bonds is 6. The second kappa shape index (κ2) is 8.41. The van der Waals surface area contributed by atoms with Crippen LogP contribution in [0.5, 0.6) is 0 Å². The van der Waals surface area contributed by atoms with Crippen LogP contribution in [0.2, 0.25) is 0 Å². The lowest BCUT2D eigenvalue weighted by molar-refractivity contribution is -0.107. The molecule has 9 nitrogen and oxygen atoms in total. The van der Waals surface area contributed by atoms with Gasteiger partial charge in [-0.25, -0.2) is 13.4 Å². The number of aldehydes is 1. The van der Waals surface area contributed by atoms with Gasteiger partial charge in [-0.3, -0.25) is 0 Å². The third kappa shape index (κ3) is 4.68. The van der Waals surface area contributed by atoms with Crippen LogP contribution in [0.15, 0.2) is 24.3 Å². The predicted molar refractivity (Wildman–Crippen MR) is 103 cm³/mol. The Bertz CT molecular complexity index is 993. The fourth-order valence-electron chi connectivity index (χ4n) is 2.89. The van der Waals surface area contributed by atoms with Crippen molar-refractivity contribution in [2.75, 3.05) is 37.3 Å². The largest absolute Gasteiger partial charge is 0.338 e. The quantitative estimate of drug-likeness (QED) is 0.647. The van der Waals surface area contributed by atoms with E-state index in [-0.39, 0.29) is 0 Å². The molecule has 0 saturated carbocycles. The molecule has 0 amide bonds. The molecule has 0 bridgehead atoms. The zero-order valence-corrected chi connectivity index (χ0v) is 16.3. The van der Waals surface area contributed by atoms with Gasteiger partial charge in [-0.2, -0.15) is 19.5 Å². The molecule has 0 radical (unpaired) electrons. The Balaban J connectivity index is 1.90. The Morgan fingerprint density at radius 3 is 2.36 bits per heavy atom. The van der Waals surface area contributed by atoms with Gasteiger partial charge in [0.2, 0.25) is 16.0 Å². The highest BCUT2D eigenvalue weighted by molar-refractivity contribution is 7.88. The summed E-state index contributed by atoms with van der Waals surface area (Å²) in [5, 5.41) is 8.96. The summed E-state index contributed by atoms with van der Waals surface area (Å²) in [5.41, 5.74) is 1.28. The third-order valence-electron chi connectivity index (χ3n) is 4.42. The second-order valence-corrected chi connectivity index (χ2v) is 8.40. The second-order valence-electron chi connectivity index (χ2n) is 6.42. The van der Waals surface area contributed by atoms with Crippen molar-refractivity contribution in [3.8, 4) is 17.5 Å². The fraction of sp³-hybridized carbons (Fsp3) is 0.389. The molecule has 1 aliphatic heterocycles. The Hall–Kier alpha value is -2.90. The van der Waals surface area contributed by atoms with Gasteiger partial charge in [0.15, 0.2) is 5.82 Å². The molecular formula is C18H20N6O3S.